The van der Waals surface area contributed by atoms with Crippen LogP contribution in [0.15, 0.2) is 89.9 Å². The quantitative estimate of drug-likeness (QED) is 0.103. The number of aromatic amines is 1. The molecule has 2 aromatic carbocycles. The van der Waals surface area contributed by atoms with Crippen molar-refractivity contribution in [1.82, 2.24) is 24.9 Å². The molecule has 1 saturated carbocycles. The largest absolute Gasteiger partial charge is 0.388 e. The molecule has 3 N–H and O–H groups in total. The number of pyridine rings is 2. The molecule has 1 fully saturated rings. The number of terminal acetylenes is 1. The van der Waals surface area contributed by atoms with Crippen molar-refractivity contribution in [3.63, 3.8) is 0 Å². The molecule has 5 aromatic rings. The zero-order valence-electron chi connectivity index (χ0n) is 24.3. The highest BCUT2D eigenvalue weighted by Crippen LogP contribution is 2.43. The number of H-pyrrole nitrogens is 1. The van der Waals surface area contributed by atoms with Crippen molar-refractivity contribution in [1.29, 1.82) is 0 Å². The number of aromatic nitrogens is 4. The number of hydrogen-bond acceptors (Lipinski definition) is 5. The van der Waals surface area contributed by atoms with Gasteiger partial charge in [0.05, 0.1) is 22.9 Å². The number of hydrogen-bond donors (Lipinski definition) is 3. The summed E-state index contributed by atoms with van der Waals surface area (Å²) in [7, 11) is 0. The van der Waals surface area contributed by atoms with Crippen molar-refractivity contribution < 1.29 is 9.90 Å². The molecule has 1 aliphatic carbocycles. The maximum atomic E-state index is 13.1. The van der Waals surface area contributed by atoms with Crippen molar-refractivity contribution in [2.24, 2.45) is 0 Å². The lowest BCUT2D eigenvalue weighted by atomic mass is 9.71. The van der Waals surface area contributed by atoms with Crippen LogP contribution in [0.4, 0.5) is 0 Å². The first kappa shape index (κ1) is 30.7. The molecule has 0 bridgehead atoms. The van der Waals surface area contributed by atoms with Gasteiger partial charge in [-0.3, -0.25) is 4.79 Å². The van der Waals surface area contributed by atoms with Gasteiger partial charge < -0.3 is 10.4 Å². The van der Waals surface area contributed by atoms with Crippen LogP contribution in [0.2, 0.25) is 0 Å². The first-order valence-electron chi connectivity index (χ1n) is 14.6. The first-order chi connectivity index (χ1) is 20.9. The number of unbranched alkanes of at least 4 members (excludes halogenated alkanes) is 2. The minimum absolute atomic E-state index is 0. The summed E-state index contributed by atoms with van der Waals surface area (Å²) in [6, 6.07) is 22.0. The van der Waals surface area contributed by atoms with Crippen molar-refractivity contribution in [3.8, 4) is 34.7 Å². The third-order valence-electron chi connectivity index (χ3n) is 8.48. The maximum absolute atomic E-state index is 13.1. The van der Waals surface area contributed by atoms with E-state index in [1.807, 2.05) is 66.7 Å². The number of nitrogens with zero attached hydrogens (tertiary/aromatic N) is 3. The Labute approximate surface area is 261 Å². The third-order valence-corrected chi connectivity index (χ3v) is 8.48. The molecular formula is C35H34ClN5O3. The van der Waals surface area contributed by atoms with Crippen LogP contribution in [-0.2, 0) is 10.3 Å². The molecule has 224 valence electrons. The number of aliphatic hydroxyl groups is 1. The average molecular weight is 608 g/mol. The van der Waals surface area contributed by atoms with Crippen molar-refractivity contribution in [2.75, 3.05) is 0 Å². The number of carbonyl (C=O) groups is 1. The van der Waals surface area contributed by atoms with Crippen LogP contribution in [0.25, 0.3) is 38.9 Å². The Balaban J connectivity index is 0.00000384. The normalized spacial score (nSPS) is 14.3. The molecule has 1 aliphatic rings. The fraction of sp³-hybridized carbons (Fsp3) is 0.257. The molecule has 0 aliphatic heterocycles. The number of aliphatic hydroxyl groups excluding tert-OH is 1. The maximum Gasteiger partial charge on any atom is 0.347 e. The lowest BCUT2D eigenvalue weighted by Crippen LogP contribution is -2.51. The van der Waals surface area contributed by atoms with E-state index in [1.165, 1.54) is 4.40 Å². The molecule has 1 amide bonds. The Morgan fingerprint density at radius 3 is 2.55 bits per heavy atom. The van der Waals surface area contributed by atoms with Gasteiger partial charge in [0.1, 0.15) is 0 Å². The standard InChI is InChI=1S/C35H33N5O3.ClH/c1-3-4-5-9-13-30(41)23(2)33(42)37-35(19-10-20-35)26-16-14-25(15-17-26)31-27(24-11-7-6-8-12-24)22-28-29(36-31)18-21-40-32(28)38-39-34(40)43;/h1,6-8,11-12,14-18,21-22,30,41H,2,4-5,9-10,13,19-20H2,(H,37,42)(H,39,43);1H. The molecule has 1 atom stereocenters. The molecule has 44 heavy (non-hydrogen) atoms. The molecule has 3 heterocycles. The summed E-state index contributed by atoms with van der Waals surface area (Å²) in [5.41, 5.74) is 5.29. The monoisotopic (exact) mass is 607 g/mol. The summed E-state index contributed by atoms with van der Waals surface area (Å²) in [6.07, 6.45) is 11.4. The summed E-state index contributed by atoms with van der Waals surface area (Å²) in [5, 5.41) is 21.2. The summed E-state index contributed by atoms with van der Waals surface area (Å²) < 4.78 is 1.48. The van der Waals surface area contributed by atoms with Gasteiger partial charge in [-0.1, -0.05) is 61.2 Å². The van der Waals surface area contributed by atoms with Gasteiger partial charge in [-0.15, -0.1) is 24.8 Å². The topological polar surface area (TPSA) is 112 Å². The van der Waals surface area contributed by atoms with Crippen LogP contribution in [0.5, 0.6) is 0 Å². The van der Waals surface area contributed by atoms with Crippen LogP contribution >= 0.6 is 12.4 Å². The fourth-order valence-corrected chi connectivity index (χ4v) is 5.82. The highest BCUT2D eigenvalue weighted by atomic mass is 35.5. The highest BCUT2D eigenvalue weighted by Gasteiger charge is 2.40. The zero-order valence-corrected chi connectivity index (χ0v) is 25.1. The van der Waals surface area contributed by atoms with Gasteiger partial charge >= 0.3 is 5.69 Å². The van der Waals surface area contributed by atoms with Crippen molar-refractivity contribution in [2.45, 2.75) is 56.6 Å². The molecule has 8 nitrogen and oxygen atoms in total. The van der Waals surface area contributed by atoms with E-state index in [1.54, 1.807) is 6.20 Å². The Kier molecular flexibility index (Phi) is 9.00. The predicted molar refractivity (Wildman–Crippen MR) is 175 cm³/mol. The fourth-order valence-electron chi connectivity index (χ4n) is 5.82. The zero-order chi connectivity index (χ0) is 30.0. The first-order valence-corrected chi connectivity index (χ1v) is 14.6. The molecule has 0 radical (unpaired) electrons. The van der Waals surface area contributed by atoms with Crippen LogP contribution in [0.3, 0.4) is 0 Å². The number of rotatable bonds is 10. The summed E-state index contributed by atoms with van der Waals surface area (Å²) in [6.45, 7) is 3.89. The molecular weight excluding hydrogens is 574 g/mol. The lowest BCUT2D eigenvalue weighted by Gasteiger charge is -2.43. The number of fused-ring (bicyclic) bond motifs is 3. The molecule has 0 saturated heterocycles. The van der Waals surface area contributed by atoms with Gasteiger partial charge in [0.2, 0.25) is 5.91 Å². The van der Waals surface area contributed by atoms with Gasteiger partial charge in [0.25, 0.3) is 0 Å². The van der Waals surface area contributed by atoms with E-state index in [0.29, 0.717) is 18.5 Å². The van der Waals surface area contributed by atoms with E-state index < -0.39 is 11.6 Å². The van der Waals surface area contributed by atoms with Crippen LogP contribution in [0.1, 0.15) is 50.5 Å². The number of amides is 1. The van der Waals surface area contributed by atoms with Crippen LogP contribution in [-0.4, -0.2) is 36.7 Å². The highest BCUT2D eigenvalue weighted by molar-refractivity contribution is 5.98. The van der Waals surface area contributed by atoms with E-state index >= 15 is 0 Å². The van der Waals surface area contributed by atoms with E-state index in [0.717, 1.165) is 71.0 Å². The smallest absolute Gasteiger partial charge is 0.347 e. The van der Waals surface area contributed by atoms with Gasteiger partial charge in [0.15, 0.2) is 5.65 Å². The lowest BCUT2D eigenvalue weighted by molar-refractivity contribution is -0.121. The minimum Gasteiger partial charge on any atom is -0.388 e. The Morgan fingerprint density at radius 2 is 1.86 bits per heavy atom. The SMILES string of the molecule is C#CCCCCC(O)C(=C)C(=O)NC1(c2ccc(-c3nc4ccn5c(=O)[nH]nc5c4cc3-c3ccccc3)cc2)CCC1.Cl. The molecule has 6 rings (SSSR count). The second kappa shape index (κ2) is 12.9. The van der Waals surface area contributed by atoms with Gasteiger partial charge in [-0.25, -0.2) is 19.3 Å². The minimum atomic E-state index is -0.894. The molecule has 9 heteroatoms. The molecule has 0 spiro atoms. The number of halogens is 1. The average Bonchev–Trinajstić information content (AvgIpc) is 3.41. The van der Waals surface area contributed by atoms with Crippen molar-refractivity contribution >= 4 is 34.9 Å². The molecule has 1 unspecified atom stereocenters. The number of carbonyl (C=O) groups excluding carboxylic acids is 1. The Hall–Kier alpha value is -4.71. The third kappa shape index (κ3) is 5.77. The Morgan fingerprint density at radius 1 is 1.11 bits per heavy atom. The summed E-state index contributed by atoms with van der Waals surface area (Å²) in [5.74, 6) is 2.28. The summed E-state index contributed by atoms with van der Waals surface area (Å²) in [4.78, 5) is 30.4. The van der Waals surface area contributed by atoms with E-state index in [9.17, 15) is 14.7 Å². The second-order valence-electron chi connectivity index (χ2n) is 11.2. The van der Waals surface area contributed by atoms with Gasteiger partial charge in [0, 0.05) is 34.7 Å². The van der Waals surface area contributed by atoms with Crippen molar-refractivity contribution in [3.05, 3.63) is 101 Å². The second-order valence-corrected chi connectivity index (χ2v) is 11.2. The predicted octanol–water partition coefficient (Wildman–Crippen LogP) is 5.93. The number of nitrogens with one attached hydrogen (secondary N) is 2. The van der Waals surface area contributed by atoms with E-state index in [2.05, 4.69) is 28.0 Å². The van der Waals surface area contributed by atoms with Gasteiger partial charge in [-0.2, -0.15) is 5.10 Å². The van der Waals surface area contributed by atoms with E-state index in [4.69, 9.17) is 11.4 Å². The van der Waals surface area contributed by atoms with Crippen LogP contribution in [0, 0.1) is 12.3 Å². The summed E-state index contributed by atoms with van der Waals surface area (Å²) >= 11 is 0. The molecule has 3 aromatic heterocycles. The van der Waals surface area contributed by atoms with E-state index in [-0.39, 0.29) is 29.6 Å². The number of benzene rings is 2. The van der Waals surface area contributed by atoms with Crippen LogP contribution < -0.4 is 11.0 Å². The van der Waals surface area contributed by atoms with Gasteiger partial charge in [-0.05, 0) is 61.8 Å². The Bertz CT molecular complexity index is 1920.